The van der Waals surface area contributed by atoms with E-state index in [4.69, 9.17) is 0 Å². The molecule has 0 nitrogen and oxygen atoms in total. The zero-order valence-corrected chi connectivity index (χ0v) is 15.0. The number of unbranched alkanes of at least 4 members (excludes halogenated alkanes) is 2. The Morgan fingerprint density at radius 1 is 0.650 bits per heavy atom. The Hall–Kier alpha value is -0.520. The predicted molar refractivity (Wildman–Crippen MR) is 94.1 cm³/mol. The van der Waals surface area contributed by atoms with Gasteiger partial charge in [-0.05, 0) is 36.5 Å². The normalized spacial score (nSPS) is 13.7. The molecule has 0 heterocycles. The minimum absolute atomic E-state index is 0.457. The molecule has 0 aliphatic heterocycles. The lowest BCUT2D eigenvalue weighted by atomic mass is 9.83. The molecule has 0 aliphatic carbocycles. The summed E-state index contributed by atoms with van der Waals surface area (Å²) < 4.78 is 0. The van der Waals surface area contributed by atoms with Crippen LogP contribution in [-0.2, 0) is 0 Å². The summed E-state index contributed by atoms with van der Waals surface area (Å²) in [6.07, 6.45) is 19.5. The highest BCUT2D eigenvalue weighted by Gasteiger charge is 2.15. The Morgan fingerprint density at radius 3 is 1.60 bits per heavy atom. The molecule has 0 heteroatoms. The van der Waals surface area contributed by atoms with Gasteiger partial charge < -0.3 is 0 Å². The maximum Gasteiger partial charge on any atom is -0.0296 e. The van der Waals surface area contributed by atoms with Crippen molar-refractivity contribution in [1.29, 1.82) is 0 Å². The van der Waals surface area contributed by atoms with E-state index >= 15 is 0 Å². The average molecular weight is 279 g/mol. The van der Waals surface area contributed by atoms with Crippen molar-refractivity contribution in [3.05, 3.63) is 24.3 Å². The monoisotopic (exact) mass is 278 g/mol. The topological polar surface area (TPSA) is 0 Å². The molecule has 0 bridgehead atoms. The standard InChI is InChI=1S/C20H38/c1-7-9-12-16-20(5,6)18-14-11-10-13-17-19(3,4)15-8-2/h10-11,13-14H,7-9,12,15-18H2,1-6H3. The van der Waals surface area contributed by atoms with E-state index in [2.05, 4.69) is 65.8 Å². The van der Waals surface area contributed by atoms with Gasteiger partial charge in [-0.1, -0.05) is 91.5 Å². The lowest BCUT2D eigenvalue weighted by Crippen LogP contribution is -2.09. The molecule has 0 fully saturated rings. The fourth-order valence-corrected chi connectivity index (χ4v) is 2.67. The fraction of sp³-hybridized carbons (Fsp3) is 0.800. The zero-order valence-electron chi connectivity index (χ0n) is 15.0. The fourth-order valence-electron chi connectivity index (χ4n) is 2.67. The van der Waals surface area contributed by atoms with Crippen LogP contribution < -0.4 is 0 Å². The molecule has 0 aliphatic rings. The zero-order chi connectivity index (χ0) is 15.5. The highest BCUT2D eigenvalue weighted by molar-refractivity contribution is 5.04. The van der Waals surface area contributed by atoms with E-state index in [-0.39, 0.29) is 0 Å². The van der Waals surface area contributed by atoms with Gasteiger partial charge in [0.25, 0.3) is 0 Å². The Kier molecular flexibility index (Phi) is 9.98. The third-order valence-corrected chi connectivity index (χ3v) is 4.11. The minimum Gasteiger partial charge on any atom is -0.0840 e. The summed E-state index contributed by atoms with van der Waals surface area (Å²) in [7, 11) is 0. The second-order valence-corrected chi connectivity index (χ2v) is 7.80. The molecule has 0 saturated carbocycles. The molecule has 0 aromatic rings. The highest BCUT2D eigenvalue weighted by atomic mass is 14.2. The Bertz CT molecular complexity index is 278. The van der Waals surface area contributed by atoms with E-state index in [1.54, 1.807) is 0 Å². The molecule has 20 heavy (non-hydrogen) atoms. The van der Waals surface area contributed by atoms with Crippen LogP contribution in [0, 0.1) is 10.8 Å². The van der Waals surface area contributed by atoms with Crippen LogP contribution >= 0.6 is 0 Å². The van der Waals surface area contributed by atoms with Crippen LogP contribution in [0.5, 0.6) is 0 Å². The second-order valence-electron chi connectivity index (χ2n) is 7.80. The summed E-state index contributed by atoms with van der Waals surface area (Å²) in [6.45, 7) is 14.1. The Balaban J connectivity index is 3.95. The van der Waals surface area contributed by atoms with Crippen LogP contribution in [0.25, 0.3) is 0 Å². The first-order valence-corrected chi connectivity index (χ1v) is 8.64. The first kappa shape index (κ1) is 19.5. The van der Waals surface area contributed by atoms with Crippen molar-refractivity contribution in [1.82, 2.24) is 0 Å². The molecule has 0 atom stereocenters. The number of rotatable bonds is 11. The van der Waals surface area contributed by atoms with Crippen molar-refractivity contribution >= 4 is 0 Å². The molecule has 0 rings (SSSR count). The van der Waals surface area contributed by atoms with Crippen LogP contribution in [0.1, 0.15) is 92.9 Å². The molecule has 0 aromatic heterocycles. The van der Waals surface area contributed by atoms with Crippen molar-refractivity contribution < 1.29 is 0 Å². The first-order valence-electron chi connectivity index (χ1n) is 8.64. The maximum atomic E-state index is 2.39. The van der Waals surface area contributed by atoms with Crippen molar-refractivity contribution in [2.75, 3.05) is 0 Å². The van der Waals surface area contributed by atoms with Gasteiger partial charge in [-0.3, -0.25) is 0 Å². The molecule has 0 aromatic carbocycles. The summed E-state index contributed by atoms with van der Waals surface area (Å²) in [6, 6.07) is 0. The van der Waals surface area contributed by atoms with E-state index < -0.39 is 0 Å². The summed E-state index contributed by atoms with van der Waals surface area (Å²) in [4.78, 5) is 0. The van der Waals surface area contributed by atoms with Gasteiger partial charge in [0.1, 0.15) is 0 Å². The molecule has 0 unspecified atom stereocenters. The lowest BCUT2D eigenvalue weighted by Gasteiger charge is -2.22. The molecule has 0 N–H and O–H groups in total. The van der Waals surface area contributed by atoms with Crippen molar-refractivity contribution in [3.8, 4) is 0 Å². The molecule has 118 valence electrons. The number of hydrogen-bond donors (Lipinski definition) is 0. The van der Waals surface area contributed by atoms with E-state index in [1.165, 1.54) is 51.4 Å². The van der Waals surface area contributed by atoms with Gasteiger partial charge in [-0.2, -0.15) is 0 Å². The quantitative estimate of drug-likeness (QED) is 0.274. The van der Waals surface area contributed by atoms with Crippen LogP contribution in [0.4, 0.5) is 0 Å². The Morgan fingerprint density at radius 2 is 1.15 bits per heavy atom. The molecule has 0 radical (unpaired) electrons. The molecular weight excluding hydrogens is 240 g/mol. The van der Waals surface area contributed by atoms with Gasteiger partial charge in [-0.25, -0.2) is 0 Å². The van der Waals surface area contributed by atoms with Gasteiger partial charge in [0.05, 0.1) is 0 Å². The van der Waals surface area contributed by atoms with Gasteiger partial charge in [0.2, 0.25) is 0 Å². The number of allylic oxidation sites excluding steroid dienone is 4. The average Bonchev–Trinajstić information content (AvgIpc) is 2.33. The van der Waals surface area contributed by atoms with E-state index in [0.717, 1.165) is 0 Å². The molecule has 0 spiro atoms. The third kappa shape index (κ3) is 11.3. The van der Waals surface area contributed by atoms with Gasteiger partial charge in [0.15, 0.2) is 0 Å². The SMILES string of the molecule is CCCCCC(C)(C)CC=CC=CCC(C)(C)CCC. The van der Waals surface area contributed by atoms with Crippen molar-refractivity contribution in [2.45, 2.75) is 92.9 Å². The second kappa shape index (κ2) is 10.2. The van der Waals surface area contributed by atoms with E-state index in [9.17, 15) is 0 Å². The van der Waals surface area contributed by atoms with Crippen LogP contribution in [0.2, 0.25) is 0 Å². The van der Waals surface area contributed by atoms with Crippen molar-refractivity contribution in [3.63, 3.8) is 0 Å². The summed E-state index contributed by atoms with van der Waals surface area (Å²) >= 11 is 0. The van der Waals surface area contributed by atoms with Gasteiger partial charge in [0, 0.05) is 0 Å². The minimum atomic E-state index is 0.457. The molecule has 0 saturated heterocycles. The molecule has 0 amide bonds. The lowest BCUT2D eigenvalue weighted by molar-refractivity contribution is 0.325. The van der Waals surface area contributed by atoms with Crippen LogP contribution in [0.15, 0.2) is 24.3 Å². The Labute approximate surface area is 128 Å². The number of hydrogen-bond acceptors (Lipinski definition) is 0. The highest BCUT2D eigenvalue weighted by Crippen LogP contribution is 2.28. The smallest absolute Gasteiger partial charge is 0.0296 e. The summed E-state index contributed by atoms with van der Waals surface area (Å²) in [5, 5.41) is 0. The largest absolute Gasteiger partial charge is 0.0840 e. The summed E-state index contributed by atoms with van der Waals surface area (Å²) in [5.74, 6) is 0. The molecular formula is C20H38. The van der Waals surface area contributed by atoms with Crippen molar-refractivity contribution in [2.24, 2.45) is 10.8 Å². The third-order valence-electron chi connectivity index (χ3n) is 4.11. The maximum absolute atomic E-state index is 2.39. The van der Waals surface area contributed by atoms with E-state index in [1.807, 2.05) is 0 Å². The van der Waals surface area contributed by atoms with Crippen LogP contribution in [-0.4, -0.2) is 0 Å². The van der Waals surface area contributed by atoms with Crippen LogP contribution in [0.3, 0.4) is 0 Å². The summed E-state index contributed by atoms with van der Waals surface area (Å²) in [5.41, 5.74) is 0.916. The van der Waals surface area contributed by atoms with Gasteiger partial charge in [-0.15, -0.1) is 0 Å². The van der Waals surface area contributed by atoms with Gasteiger partial charge >= 0.3 is 0 Å². The first-order chi connectivity index (χ1) is 9.33. The predicted octanol–water partition coefficient (Wildman–Crippen LogP) is 7.31. The van der Waals surface area contributed by atoms with E-state index in [0.29, 0.717) is 10.8 Å².